The molecule has 0 amide bonds. The Morgan fingerprint density at radius 3 is 2.93 bits per heavy atom. The van der Waals surface area contributed by atoms with E-state index < -0.39 is 0 Å². The lowest BCUT2D eigenvalue weighted by Gasteiger charge is -2.27. The van der Waals surface area contributed by atoms with Gasteiger partial charge >= 0.3 is 0 Å². The summed E-state index contributed by atoms with van der Waals surface area (Å²) in [6.45, 7) is 3.09. The third-order valence-corrected chi connectivity index (χ3v) is 3.53. The van der Waals surface area contributed by atoms with E-state index in [-0.39, 0.29) is 6.61 Å². The van der Waals surface area contributed by atoms with Crippen LogP contribution in [0.1, 0.15) is 29.7 Å². The summed E-state index contributed by atoms with van der Waals surface area (Å²) in [7, 11) is 0. The number of hydrogen-bond acceptors (Lipinski definition) is 5. The minimum absolute atomic E-state index is 0.287. The third kappa shape index (κ3) is 2.10. The van der Waals surface area contributed by atoms with Crippen LogP contribution in [0.4, 0.5) is 0 Å². The lowest BCUT2D eigenvalue weighted by atomic mass is 9.96. The van der Waals surface area contributed by atoms with Crippen molar-refractivity contribution in [2.24, 2.45) is 5.92 Å². The zero-order chi connectivity index (χ0) is 9.97. The molecule has 1 aromatic rings. The molecule has 0 saturated carbocycles. The van der Waals surface area contributed by atoms with Gasteiger partial charge in [0.2, 0.25) is 0 Å². The minimum Gasteiger partial charge on any atom is -0.396 e. The molecule has 2 heterocycles. The van der Waals surface area contributed by atoms with Crippen LogP contribution >= 0.6 is 11.5 Å². The lowest BCUT2D eigenvalue weighted by molar-refractivity contribution is 0.184. The van der Waals surface area contributed by atoms with Crippen molar-refractivity contribution >= 4 is 11.5 Å². The van der Waals surface area contributed by atoms with Crippen LogP contribution in [0.15, 0.2) is 0 Å². The summed E-state index contributed by atoms with van der Waals surface area (Å²) >= 11 is 1.48. The number of nitrogens with one attached hydrogen (secondary N) is 1. The summed E-state index contributed by atoms with van der Waals surface area (Å²) in [4.78, 5) is 4.37. The Bertz CT molecular complexity index is 294. The summed E-state index contributed by atoms with van der Waals surface area (Å²) < 4.78 is 4.17. The molecule has 4 nitrogen and oxygen atoms in total. The normalized spacial score (nSPS) is 27.9. The number of aryl methyl sites for hydroxylation is 1. The Morgan fingerprint density at radius 2 is 2.43 bits per heavy atom. The van der Waals surface area contributed by atoms with Gasteiger partial charge in [-0.15, -0.1) is 0 Å². The van der Waals surface area contributed by atoms with Crippen LogP contribution in [0.25, 0.3) is 0 Å². The van der Waals surface area contributed by atoms with Crippen molar-refractivity contribution in [2.75, 3.05) is 13.2 Å². The molecule has 5 heteroatoms. The van der Waals surface area contributed by atoms with Gasteiger partial charge in [-0.25, -0.2) is 4.98 Å². The maximum Gasteiger partial charge on any atom is 0.139 e. The van der Waals surface area contributed by atoms with Crippen LogP contribution in [-0.4, -0.2) is 27.6 Å². The number of aliphatic hydroxyl groups excluding tert-OH is 1. The molecule has 2 unspecified atom stereocenters. The molecule has 1 aromatic heterocycles. The Balaban J connectivity index is 1.95. The van der Waals surface area contributed by atoms with Gasteiger partial charge in [0.25, 0.3) is 0 Å². The molecule has 0 spiro atoms. The average Bonchev–Trinajstić information content (AvgIpc) is 2.65. The van der Waals surface area contributed by atoms with Crippen molar-refractivity contribution < 1.29 is 5.11 Å². The van der Waals surface area contributed by atoms with Crippen molar-refractivity contribution in [1.29, 1.82) is 0 Å². The standard InChI is InChI=1S/C9H15N3OS/c1-6-11-9(14-12-6)8-3-2-7(5-13)4-10-8/h7-8,10,13H,2-5H2,1H3. The first-order valence-electron chi connectivity index (χ1n) is 4.94. The molecular formula is C9H15N3OS. The summed E-state index contributed by atoms with van der Waals surface area (Å²) in [5, 5.41) is 13.5. The molecule has 14 heavy (non-hydrogen) atoms. The molecule has 2 atom stereocenters. The molecule has 1 aliphatic rings. The van der Waals surface area contributed by atoms with Gasteiger partial charge in [0.1, 0.15) is 10.8 Å². The molecular weight excluding hydrogens is 198 g/mol. The number of hydrogen-bond donors (Lipinski definition) is 2. The van der Waals surface area contributed by atoms with Gasteiger partial charge in [-0.3, -0.25) is 0 Å². The number of piperidine rings is 1. The highest BCUT2D eigenvalue weighted by Crippen LogP contribution is 2.26. The predicted octanol–water partition coefficient (Wildman–Crippen LogP) is 0.880. The highest BCUT2D eigenvalue weighted by molar-refractivity contribution is 7.05. The van der Waals surface area contributed by atoms with Crippen LogP contribution in [-0.2, 0) is 0 Å². The second kappa shape index (κ2) is 4.33. The molecule has 1 fully saturated rings. The van der Waals surface area contributed by atoms with Crippen molar-refractivity contribution in [2.45, 2.75) is 25.8 Å². The topological polar surface area (TPSA) is 58.0 Å². The zero-order valence-corrected chi connectivity index (χ0v) is 9.05. The van der Waals surface area contributed by atoms with E-state index in [1.807, 2.05) is 6.92 Å². The summed E-state index contributed by atoms with van der Waals surface area (Å²) in [6.07, 6.45) is 2.13. The van der Waals surface area contributed by atoms with Gasteiger partial charge in [0.05, 0.1) is 6.04 Å². The van der Waals surface area contributed by atoms with Gasteiger partial charge in [0.15, 0.2) is 0 Å². The smallest absolute Gasteiger partial charge is 0.139 e. The molecule has 78 valence electrons. The van der Waals surface area contributed by atoms with E-state index in [0.29, 0.717) is 12.0 Å². The van der Waals surface area contributed by atoms with Gasteiger partial charge < -0.3 is 10.4 Å². The molecule has 1 saturated heterocycles. The maximum absolute atomic E-state index is 8.99. The Kier molecular flexibility index (Phi) is 3.10. The van der Waals surface area contributed by atoms with Crippen molar-refractivity contribution in [3.63, 3.8) is 0 Å². The molecule has 0 aromatic carbocycles. The largest absolute Gasteiger partial charge is 0.396 e. The second-order valence-electron chi connectivity index (χ2n) is 3.77. The van der Waals surface area contributed by atoms with E-state index in [0.717, 1.165) is 30.2 Å². The van der Waals surface area contributed by atoms with Crippen molar-refractivity contribution in [3.05, 3.63) is 10.8 Å². The van der Waals surface area contributed by atoms with E-state index in [1.165, 1.54) is 11.5 Å². The molecule has 1 aliphatic heterocycles. The third-order valence-electron chi connectivity index (χ3n) is 2.62. The maximum atomic E-state index is 8.99. The predicted molar refractivity (Wildman–Crippen MR) is 55.2 cm³/mol. The van der Waals surface area contributed by atoms with Gasteiger partial charge in [-0.05, 0) is 37.2 Å². The van der Waals surface area contributed by atoms with Crippen molar-refractivity contribution in [3.8, 4) is 0 Å². The van der Waals surface area contributed by atoms with Crippen LogP contribution < -0.4 is 5.32 Å². The lowest BCUT2D eigenvalue weighted by Crippen LogP contribution is -2.34. The van der Waals surface area contributed by atoms with Gasteiger partial charge in [-0.1, -0.05) is 0 Å². The first kappa shape index (κ1) is 10.0. The summed E-state index contributed by atoms with van der Waals surface area (Å²) in [5.41, 5.74) is 0. The Hall–Kier alpha value is -0.520. The van der Waals surface area contributed by atoms with E-state index in [2.05, 4.69) is 14.7 Å². The van der Waals surface area contributed by atoms with Crippen LogP contribution in [0.3, 0.4) is 0 Å². The number of aromatic nitrogens is 2. The highest BCUT2D eigenvalue weighted by atomic mass is 32.1. The number of nitrogens with zero attached hydrogens (tertiary/aromatic N) is 2. The Morgan fingerprint density at radius 1 is 1.57 bits per heavy atom. The SMILES string of the molecule is Cc1nsc(C2CCC(CO)CN2)n1. The summed E-state index contributed by atoms with van der Waals surface area (Å²) in [5.74, 6) is 1.27. The monoisotopic (exact) mass is 213 g/mol. The zero-order valence-electron chi connectivity index (χ0n) is 8.23. The first-order valence-corrected chi connectivity index (χ1v) is 5.71. The van der Waals surface area contributed by atoms with Crippen LogP contribution in [0.2, 0.25) is 0 Å². The fraction of sp³-hybridized carbons (Fsp3) is 0.778. The molecule has 2 N–H and O–H groups in total. The fourth-order valence-corrected chi connectivity index (χ4v) is 2.50. The van der Waals surface area contributed by atoms with Gasteiger partial charge in [0, 0.05) is 13.2 Å². The molecule has 0 radical (unpaired) electrons. The highest BCUT2D eigenvalue weighted by Gasteiger charge is 2.23. The first-order chi connectivity index (χ1) is 6.79. The fourth-order valence-electron chi connectivity index (χ4n) is 1.74. The molecule has 0 aliphatic carbocycles. The summed E-state index contributed by atoms with van der Waals surface area (Å²) in [6, 6.07) is 0.351. The molecule has 0 bridgehead atoms. The minimum atomic E-state index is 0.287. The van der Waals surface area contributed by atoms with Crippen LogP contribution in [0.5, 0.6) is 0 Å². The van der Waals surface area contributed by atoms with E-state index in [9.17, 15) is 0 Å². The Labute approximate surface area is 87.5 Å². The second-order valence-corrected chi connectivity index (χ2v) is 4.55. The van der Waals surface area contributed by atoms with E-state index in [4.69, 9.17) is 5.11 Å². The quantitative estimate of drug-likeness (QED) is 0.765. The van der Waals surface area contributed by atoms with Gasteiger partial charge in [-0.2, -0.15) is 4.37 Å². The van der Waals surface area contributed by atoms with Crippen molar-refractivity contribution in [1.82, 2.24) is 14.7 Å². The molecule has 2 rings (SSSR count). The van der Waals surface area contributed by atoms with E-state index >= 15 is 0 Å². The number of aliphatic hydroxyl groups is 1. The van der Waals surface area contributed by atoms with E-state index in [1.54, 1.807) is 0 Å². The number of rotatable bonds is 2. The van der Waals surface area contributed by atoms with Crippen LogP contribution in [0, 0.1) is 12.8 Å². The average molecular weight is 213 g/mol.